The molecule has 3 N–H and O–H groups in total. The molecule has 0 radical (unpaired) electrons. The van der Waals surface area contributed by atoms with E-state index in [1.165, 1.54) is 19.2 Å². The third kappa shape index (κ3) is 6.41. The van der Waals surface area contributed by atoms with Gasteiger partial charge in [0.2, 0.25) is 0 Å². The summed E-state index contributed by atoms with van der Waals surface area (Å²) in [6, 6.07) is 9.49. The van der Waals surface area contributed by atoms with Gasteiger partial charge < -0.3 is 14.8 Å². The van der Waals surface area contributed by atoms with Crippen LogP contribution in [0.3, 0.4) is 0 Å². The summed E-state index contributed by atoms with van der Waals surface area (Å²) >= 11 is 0. The molecule has 10 heteroatoms. The molecule has 0 fully saturated rings. The van der Waals surface area contributed by atoms with Gasteiger partial charge in [-0.3, -0.25) is 30.6 Å². The van der Waals surface area contributed by atoms with E-state index in [4.69, 9.17) is 9.47 Å². The second-order valence-electron chi connectivity index (χ2n) is 6.81. The highest BCUT2D eigenvalue weighted by molar-refractivity contribution is 5.97. The third-order valence-electron chi connectivity index (χ3n) is 4.61. The van der Waals surface area contributed by atoms with Crippen molar-refractivity contribution in [3.63, 3.8) is 0 Å². The molecule has 0 aromatic heterocycles. The molecular weight excluding hydrogens is 404 g/mol. The summed E-state index contributed by atoms with van der Waals surface area (Å²) in [4.78, 5) is 35.4. The van der Waals surface area contributed by atoms with Crippen molar-refractivity contribution in [2.75, 3.05) is 25.6 Å². The SMILES string of the molecule is COCCNc1ccc(C(=O)NNC(=O)[C@@H](C)Oc2cccc(C)c2C)cc1[N+](=O)[O-]. The lowest BCUT2D eigenvalue weighted by Gasteiger charge is -2.17. The van der Waals surface area contributed by atoms with Crippen LogP contribution in [0, 0.1) is 24.0 Å². The van der Waals surface area contributed by atoms with Crippen molar-refractivity contribution >= 4 is 23.2 Å². The predicted octanol–water partition coefficient (Wildman–Crippen LogP) is 2.50. The Morgan fingerprint density at radius 3 is 2.58 bits per heavy atom. The molecule has 2 aromatic carbocycles. The van der Waals surface area contributed by atoms with Crippen LogP contribution in [0.2, 0.25) is 0 Å². The fourth-order valence-corrected chi connectivity index (χ4v) is 2.65. The van der Waals surface area contributed by atoms with E-state index in [0.717, 1.165) is 17.2 Å². The Morgan fingerprint density at radius 2 is 1.90 bits per heavy atom. The van der Waals surface area contributed by atoms with Gasteiger partial charge in [-0.2, -0.15) is 0 Å². The van der Waals surface area contributed by atoms with Gasteiger partial charge in [0.25, 0.3) is 17.5 Å². The van der Waals surface area contributed by atoms with Crippen molar-refractivity contribution in [3.05, 3.63) is 63.2 Å². The molecule has 0 aliphatic rings. The molecule has 0 bridgehead atoms. The highest BCUT2D eigenvalue weighted by atomic mass is 16.6. The Balaban J connectivity index is 1.99. The molecule has 0 spiro atoms. The van der Waals surface area contributed by atoms with Gasteiger partial charge in [0, 0.05) is 25.3 Å². The normalized spacial score (nSPS) is 11.4. The maximum absolute atomic E-state index is 12.3. The second kappa shape index (κ2) is 10.9. The van der Waals surface area contributed by atoms with E-state index >= 15 is 0 Å². The monoisotopic (exact) mass is 430 g/mol. The maximum Gasteiger partial charge on any atom is 0.293 e. The fraction of sp³-hybridized carbons (Fsp3) is 0.333. The van der Waals surface area contributed by atoms with Crippen LogP contribution < -0.4 is 20.9 Å². The number of hydrazine groups is 1. The van der Waals surface area contributed by atoms with Crippen molar-refractivity contribution in [1.82, 2.24) is 10.9 Å². The van der Waals surface area contributed by atoms with Crippen LogP contribution in [0.1, 0.15) is 28.4 Å². The number of ether oxygens (including phenoxy) is 2. The van der Waals surface area contributed by atoms with E-state index < -0.39 is 22.8 Å². The molecule has 0 heterocycles. The summed E-state index contributed by atoms with van der Waals surface area (Å²) < 4.78 is 10.6. The number of methoxy groups -OCH3 is 1. The van der Waals surface area contributed by atoms with Crippen molar-refractivity contribution in [1.29, 1.82) is 0 Å². The van der Waals surface area contributed by atoms with Crippen molar-refractivity contribution < 1.29 is 24.0 Å². The quantitative estimate of drug-likeness (QED) is 0.316. The summed E-state index contributed by atoms with van der Waals surface area (Å²) in [5.74, 6) is -0.693. The molecule has 2 aromatic rings. The molecule has 0 aliphatic carbocycles. The number of rotatable bonds is 9. The van der Waals surface area contributed by atoms with Crippen molar-refractivity contribution in [3.8, 4) is 5.75 Å². The number of nitro groups is 1. The van der Waals surface area contributed by atoms with Crippen molar-refractivity contribution in [2.45, 2.75) is 26.9 Å². The molecule has 1 atom stereocenters. The van der Waals surface area contributed by atoms with E-state index in [-0.39, 0.29) is 16.9 Å². The van der Waals surface area contributed by atoms with Gasteiger partial charge >= 0.3 is 0 Å². The zero-order valence-electron chi connectivity index (χ0n) is 17.9. The van der Waals surface area contributed by atoms with Gasteiger partial charge in [-0.25, -0.2) is 0 Å². The summed E-state index contributed by atoms with van der Waals surface area (Å²) in [5.41, 5.74) is 6.49. The van der Waals surface area contributed by atoms with E-state index in [9.17, 15) is 19.7 Å². The number of aryl methyl sites for hydroxylation is 1. The van der Waals surface area contributed by atoms with E-state index in [0.29, 0.717) is 18.9 Å². The average Bonchev–Trinajstić information content (AvgIpc) is 2.75. The minimum absolute atomic E-state index is 0.0207. The number of hydrogen-bond acceptors (Lipinski definition) is 7. The van der Waals surface area contributed by atoms with Crippen LogP contribution in [-0.2, 0) is 9.53 Å². The topological polar surface area (TPSA) is 132 Å². The van der Waals surface area contributed by atoms with E-state index in [1.54, 1.807) is 13.0 Å². The lowest BCUT2D eigenvalue weighted by atomic mass is 10.1. The standard InChI is InChI=1S/C21H26N4O6/c1-13-6-5-7-19(14(13)2)31-15(3)20(26)23-24-21(27)16-8-9-17(22-10-11-30-4)18(12-16)25(28)29/h5-9,12,15,22H,10-11H2,1-4H3,(H,23,26)(H,24,27)/t15-/m1/s1. The van der Waals surface area contributed by atoms with Crippen molar-refractivity contribution in [2.24, 2.45) is 0 Å². The molecule has 0 saturated carbocycles. The number of nitrogens with zero attached hydrogens (tertiary/aromatic N) is 1. The molecule has 2 amide bonds. The average molecular weight is 430 g/mol. The zero-order valence-corrected chi connectivity index (χ0v) is 17.9. The van der Waals surface area contributed by atoms with E-state index in [2.05, 4.69) is 16.2 Å². The van der Waals surface area contributed by atoms with Crippen LogP contribution >= 0.6 is 0 Å². The van der Waals surface area contributed by atoms with Crippen LogP contribution in [0.5, 0.6) is 5.75 Å². The second-order valence-corrected chi connectivity index (χ2v) is 6.81. The van der Waals surface area contributed by atoms with Gasteiger partial charge in [0.05, 0.1) is 11.5 Å². The Bertz CT molecular complexity index is 963. The maximum atomic E-state index is 12.3. The first kappa shape index (κ1) is 23.6. The third-order valence-corrected chi connectivity index (χ3v) is 4.61. The minimum Gasteiger partial charge on any atom is -0.481 e. The molecule has 31 heavy (non-hydrogen) atoms. The molecule has 10 nitrogen and oxygen atoms in total. The van der Waals surface area contributed by atoms with Gasteiger partial charge in [-0.1, -0.05) is 12.1 Å². The Kier molecular flexibility index (Phi) is 8.33. The lowest BCUT2D eigenvalue weighted by Crippen LogP contribution is -2.47. The number of benzene rings is 2. The molecule has 0 unspecified atom stereocenters. The summed E-state index contributed by atoms with van der Waals surface area (Å²) in [5, 5.41) is 14.2. The Morgan fingerprint density at radius 1 is 1.16 bits per heavy atom. The van der Waals surface area contributed by atoms with Gasteiger partial charge in [-0.05, 0) is 50.1 Å². The van der Waals surface area contributed by atoms with E-state index in [1.807, 2.05) is 26.0 Å². The lowest BCUT2D eigenvalue weighted by molar-refractivity contribution is -0.384. The molecule has 166 valence electrons. The predicted molar refractivity (Wildman–Crippen MR) is 115 cm³/mol. The van der Waals surface area contributed by atoms with Gasteiger partial charge in [0.1, 0.15) is 11.4 Å². The van der Waals surface area contributed by atoms with Crippen LogP contribution in [-0.4, -0.2) is 43.1 Å². The molecule has 2 rings (SSSR count). The Labute approximate surface area is 180 Å². The van der Waals surface area contributed by atoms with Crippen LogP contribution in [0.15, 0.2) is 36.4 Å². The van der Waals surface area contributed by atoms with Gasteiger partial charge in [-0.15, -0.1) is 0 Å². The molecular formula is C21H26N4O6. The number of carbonyl (C=O) groups is 2. The Hall–Kier alpha value is -3.66. The number of carbonyl (C=O) groups excluding carboxylic acids is 2. The first-order valence-corrected chi connectivity index (χ1v) is 9.59. The number of nitrogens with one attached hydrogen (secondary N) is 3. The van der Waals surface area contributed by atoms with Gasteiger partial charge in [0.15, 0.2) is 6.10 Å². The number of nitro benzene ring substituents is 1. The summed E-state index contributed by atoms with van der Waals surface area (Å²) in [6.07, 6.45) is -0.873. The highest BCUT2D eigenvalue weighted by Gasteiger charge is 2.20. The molecule has 0 saturated heterocycles. The minimum atomic E-state index is -0.873. The smallest absolute Gasteiger partial charge is 0.293 e. The largest absolute Gasteiger partial charge is 0.481 e. The first-order chi connectivity index (χ1) is 14.7. The number of hydrogen-bond donors (Lipinski definition) is 3. The van der Waals surface area contributed by atoms with Crippen LogP contribution in [0.4, 0.5) is 11.4 Å². The summed E-state index contributed by atoms with van der Waals surface area (Å²) in [6.45, 7) is 6.11. The number of amides is 2. The summed E-state index contributed by atoms with van der Waals surface area (Å²) in [7, 11) is 1.52. The first-order valence-electron chi connectivity index (χ1n) is 9.59. The highest BCUT2D eigenvalue weighted by Crippen LogP contribution is 2.25. The van der Waals surface area contributed by atoms with Crippen LogP contribution in [0.25, 0.3) is 0 Å². The molecule has 0 aliphatic heterocycles. The zero-order chi connectivity index (χ0) is 23.0. The fourth-order valence-electron chi connectivity index (χ4n) is 2.65. The number of anilines is 1.